The smallest absolute Gasteiger partial charge is 0.261 e. The Hall–Kier alpha value is -2.68. The van der Waals surface area contributed by atoms with E-state index < -0.39 is 0 Å². The fourth-order valence-corrected chi connectivity index (χ4v) is 2.27. The number of fused-ring (bicyclic) bond motifs is 1. The molecule has 0 aliphatic carbocycles. The standard InChI is InChI=1S/C18H16N2O/c1-14-9-10-17-16(12-14)18(21)20(13-19-17)11-5-8-15-6-3-2-4-7-15/h2-10,12-13H,11H2,1H3/b8-5+. The third kappa shape index (κ3) is 2.92. The minimum absolute atomic E-state index is 0.00131. The van der Waals surface area contributed by atoms with Crippen molar-refractivity contribution in [3.63, 3.8) is 0 Å². The lowest BCUT2D eigenvalue weighted by Crippen LogP contribution is -2.19. The Labute approximate surface area is 123 Å². The van der Waals surface area contributed by atoms with Crippen LogP contribution in [0.25, 0.3) is 17.0 Å². The third-order valence-electron chi connectivity index (χ3n) is 3.39. The van der Waals surface area contributed by atoms with Gasteiger partial charge >= 0.3 is 0 Å². The number of nitrogens with zero attached hydrogens (tertiary/aromatic N) is 2. The van der Waals surface area contributed by atoms with Gasteiger partial charge < -0.3 is 0 Å². The number of hydrogen-bond donors (Lipinski definition) is 0. The summed E-state index contributed by atoms with van der Waals surface area (Å²) in [6.45, 7) is 2.50. The number of rotatable bonds is 3. The predicted octanol–water partition coefficient (Wildman–Crippen LogP) is 3.42. The molecule has 0 aliphatic rings. The average molecular weight is 276 g/mol. The second-order valence-electron chi connectivity index (χ2n) is 5.04. The number of aryl methyl sites for hydroxylation is 1. The van der Waals surface area contributed by atoms with Gasteiger partial charge in [-0.15, -0.1) is 0 Å². The second kappa shape index (κ2) is 5.75. The maximum atomic E-state index is 12.4. The van der Waals surface area contributed by atoms with Crippen molar-refractivity contribution in [2.75, 3.05) is 0 Å². The zero-order chi connectivity index (χ0) is 14.7. The van der Waals surface area contributed by atoms with Crippen molar-refractivity contribution in [2.45, 2.75) is 13.5 Å². The van der Waals surface area contributed by atoms with E-state index in [0.29, 0.717) is 11.9 Å². The number of benzene rings is 2. The Morgan fingerprint density at radius 3 is 2.76 bits per heavy atom. The molecule has 1 heterocycles. The lowest BCUT2D eigenvalue weighted by atomic mass is 10.2. The Balaban J connectivity index is 1.89. The first-order valence-corrected chi connectivity index (χ1v) is 6.91. The minimum atomic E-state index is 0.00131. The van der Waals surface area contributed by atoms with E-state index >= 15 is 0 Å². The topological polar surface area (TPSA) is 34.9 Å². The van der Waals surface area contributed by atoms with Crippen molar-refractivity contribution in [3.05, 3.63) is 82.4 Å². The molecule has 104 valence electrons. The molecule has 3 rings (SSSR count). The zero-order valence-corrected chi connectivity index (χ0v) is 11.9. The van der Waals surface area contributed by atoms with Gasteiger partial charge in [-0.2, -0.15) is 0 Å². The summed E-state index contributed by atoms with van der Waals surface area (Å²) >= 11 is 0. The van der Waals surface area contributed by atoms with E-state index in [-0.39, 0.29) is 5.56 Å². The summed E-state index contributed by atoms with van der Waals surface area (Å²) in [6, 6.07) is 15.8. The van der Waals surface area contributed by atoms with Crippen molar-refractivity contribution < 1.29 is 0 Å². The van der Waals surface area contributed by atoms with Crippen molar-refractivity contribution in [3.8, 4) is 0 Å². The molecule has 0 spiro atoms. The van der Waals surface area contributed by atoms with Gasteiger partial charge in [-0.1, -0.05) is 54.1 Å². The van der Waals surface area contributed by atoms with E-state index in [1.54, 1.807) is 10.9 Å². The van der Waals surface area contributed by atoms with Gasteiger partial charge in [0, 0.05) is 6.54 Å². The molecular weight excluding hydrogens is 260 g/mol. The molecule has 0 saturated heterocycles. The highest BCUT2D eigenvalue weighted by molar-refractivity contribution is 5.77. The highest BCUT2D eigenvalue weighted by Crippen LogP contribution is 2.09. The molecule has 0 aliphatic heterocycles. The molecule has 0 N–H and O–H groups in total. The van der Waals surface area contributed by atoms with Gasteiger partial charge in [-0.3, -0.25) is 9.36 Å². The highest BCUT2D eigenvalue weighted by atomic mass is 16.1. The van der Waals surface area contributed by atoms with E-state index in [1.807, 2.05) is 67.6 Å². The van der Waals surface area contributed by atoms with Gasteiger partial charge in [0.1, 0.15) is 0 Å². The van der Waals surface area contributed by atoms with Crippen LogP contribution >= 0.6 is 0 Å². The molecule has 0 atom stereocenters. The van der Waals surface area contributed by atoms with Crippen LogP contribution in [0.1, 0.15) is 11.1 Å². The van der Waals surface area contributed by atoms with E-state index in [0.717, 1.165) is 16.6 Å². The number of hydrogen-bond acceptors (Lipinski definition) is 2. The molecule has 2 aromatic carbocycles. The SMILES string of the molecule is Cc1ccc2ncn(C/C=C/c3ccccc3)c(=O)c2c1. The largest absolute Gasteiger partial charge is 0.295 e. The maximum Gasteiger partial charge on any atom is 0.261 e. The van der Waals surface area contributed by atoms with Crippen LogP contribution < -0.4 is 5.56 Å². The lowest BCUT2D eigenvalue weighted by Gasteiger charge is -2.04. The molecule has 3 aromatic rings. The average Bonchev–Trinajstić information content (AvgIpc) is 2.51. The third-order valence-corrected chi connectivity index (χ3v) is 3.39. The van der Waals surface area contributed by atoms with Gasteiger partial charge in [0.2, 0.25) is 0 Å². The molecular formula is C18H16N2O. The molecule has 1 aromatic heterocycles. The summed E-state index contributed by atoms with van der Waals surface area (Å²) in [7, 11) is 0. The Morgan fingerprint density at radius 1 is 1.14 bits per heavy atom. The number of allylic oxidation sites excluding steroid dienone is 1. The van der Waals surface area contributed by atoms with Crippen LogP contribution in [-0.4, -0.2) is 9.55 Å². The monoisotopic (exact) mass is 276 g/mol. The Kier molecular flexibility index (Phi) is 3.65. The summed E-state index contributed by atoms with van der Waals surface area (Å²) in [4.78, 5) is 16.7. The summed E-state index contributed by atoms with van der Waals surface area (Å²) < 4.78 is 1.63. The van der Waals surface area contributed by atoms with Crippen LogP contribution in [0.5, 0.6) is 0 Å². The predicted molar refractivity (Wildman–Crippen MR) is 86.2 cm³/mol. The van der Waals surface area contributed by atoms with Crippen LogP contribution in [-0.2, 0) is 6.54 Å². The Bertz CT molecular complexity index is 848. The minimum Gasteiger partial charge on any atom is -0.295 e. The first kappa shape index (κ1) is 13.3. The zero-order valence-electron chi connectivity index (χ0n) is 11.9. The molecule has 3 nitrogen and oxygen atoms in total. The fourth-order valence-electron chi connectivity index (χ4n) is 2.27. The number of aromatic nitrogens is 2. The molecule has 0 fully saturated rings. The maximum absolute atomic E-state index is 12.4. The summed E-state index contributed by atoms with van der Waals surface area (Å²) in [5.74, 6) is 0. The quantitative estimate of drug-likeness (QED) is 0.734. The molecule has 21 heavy (non-hydrogen) atoms. The van der Waals surface area contributed by atoms with Gasteiger partial charge in [-0.05, 0) is 24.6 Å². The van der Waals surface area contributed by atoms with E-state index in [9.17, 15) is 4.79 Å². The van der Waals surface area contributed by atoms with E-state index in [1.165, 1.54) is 0 Å². The second-order valence-corrected chi connectivity index (χ2v) is 5.04. The summed E-state index contributed by atoms with van der Waals surface area (Å²) in [5, 5.41) is 0.672. The molecule has 0 radical (unpaired) electrons. The molecule has 0 saturated carbocycles. The van der Waals surface area contributed by atoms with E-state index in [2.05, 4.69) is 4.98 Å². The van der Waals surface area contributed by atoms with E-state index in [4.69, 9.17) is 0 Å². The van der Waals surface area contributed by atoms with Crippen molar-refractivity contribution in [1.82, 2.24) is 9.55 Å². The lowest BCUT2D eigenvalue weighted by molar-refractivity contribution is 0.768. The highest BCUT2D eigenvalue weighted by Gasteiger charge is 2.02. The molecule has 0 unspecified atom stereocenters. The fraction of sp³-hybridized carbons (Fsp3) is 0.111. The van der Waals surface area contributed by atoms with Gasteiger partial charge in [0.25, 0.3) is 5.56 Å². The van der Waals surface area contributed by atoms with Crippen molar-refractivity contribution >= 4 is 17.0 Å². The first-order valence-electron chi connectivity index (χ1n) is 6.91. The first-order chi connectivity index (χ1) is 10.2. The molecule has 0 amide bonds. The van der Waals surface area contributed by atoms with Gasteiger partial charge in [-0.25, -0.2) is 4.98 Å². The molecule has 3 heteroatoms. The summed E-state index contributed by atoms with van der Waals surface area (Å²) in [6.07, 6.45) is 5.59. The van der Waals surface area contributed by atoms with Crippen molar-refractivity contribution in [1.29, 1.82) is 0 Å². The van der Waals surface area contributed by atoms with Crippen LogP contribution in [0.15, 0.2) is 65.7 Å². The van der Waals surface area contributed by atoms with Crippen LogP contribution in [0.2, 0.25) is 0 Å². The Morgan fingerprint density at radius 2 is 1.95 bits per heavy atom. The summed E-state index contributed by atoms with van der Waals surface area (Å²) in [5.41, 5.74) is 2.93. The molecule has 0 bridgehead atoms. The normalized spacial score (nSPS) is 11.3. The van der Waals surface area contributed by atoms with Crippen LogP contribution in [0.3, 0.4) is 0 Å². The van der Waals surface area contributed by atoms with Crippen LogP contribution in [0, 0.1) is 6.92 Å². The van der Waals surface area contributed by atoms with Gasteiger partial charge in [0.05, 0.1) is 17.2 Å². The van der Waals surface area contributed by atoms with Crippen molar-refractivity contribution in [2.24, 2.45) is 0 Å². The van der Waals surface area contributed by atoms with Gasteiger partial charge in [0.15, 0.2) is 0 Å². The van der Waals surface area contributed by atoms with Crippen LogP contribution in [0.4, 0.5) is 0 Å².